The highest BCUT2D eigenvalue weighted by atomic mass is 35.5. The van der Waals surface area contributed by atoms with Crippen LogP contribution in [0.4, 0.5) is 23.4 Å². The van der Waals surface area contributed by atoms with Crippen molar-refractivity contribution < 1.29 is 17.6 Å². The lowest BCUT2D eigenvalue weighted by Crippen LogP contribution is -2.12. The number of halogens is 5. The summed E-state index contributed by atoms with van der Waals surface area (Å²) in [6.07, 6.45) is -4.68. The minimum absolute atomic E-state index is 0.174. The highest BCUT2D eigenvalue weighted by molar-refractivity contribution is 6.31. The van der Waals surface area contributed by atoms with E-state index < -0.39 is 23.9 Å². The Morgan fingerprint density at radius 2 is 1.92 bits per heavy atom. The first kappa shape index (κ1) is 17.4. The van der Waals surface area contributed by atoms with Gasteiger partial charge in [0, 0.05) is 16.8 Å². The molecule has 0 aliphatic rings. The van der Waals surface area contributed by atoms with Crippen LogP contribution in [0.25, 0.3) is 5.78 Å². The smallest absolute Gasteiger partial charge is 0.363 e. The molecule has 0 radical (unpaired) electrons. The van der Waals surface area contributed by atoms with Gasteiger partial charge in [0.2, 0.25) is 0 Å². The van der Waals surface area contributed by atoms with E-state index in [4.69, 9.17) is 11.6 Å². The van der Waals surface area contributed by atoms with Crippen LogP contribution in [0.15, 0.2) is 24.3 Å². The molecular weight excluding hydrogens is 362 g/mol. The zero-order valence-corrected chi connectivity index (χ0v) is 13.8. The molecule has 132 valence electrons. The summed E-state index contributed by atoms with van der Waals surface area (Å²) in [7, 11) is 0. The molecule has 0 saturated heterocycles. The first-order valence-electron chi connectivity index (χ1n) is 7.18. The van der Waals surface area contributed by atoms with Gasteiger partial charge in [0.15, 0.2) is 0 Å². The van der Waals surface area contributed by atoms with Gasteiger partial charge in [-0.2, -0.15) is 22.7 Å². The predicted octanol–water partition coefficient (Wildman–Crippen LogP) is 4.42. The van der Waals surface area contributed by atoms with Crippen molar-refractivity contribution in [3.05, 3.63) is 52.2 Å². The number of aryl methyl sites for hydroxylation is 1. The molecule has 0 bridgehead atoms. The monoisotopic (exact) mass is 373 g/mol. The van der Waals surface area contributed by atoms with Gasteiger partial charge in [-0.15, -0.1) is 5.10 Å². The Hall–Kier alpha value is -2.42. The van der Waals surface area contributed by atoms with Crippen molar-refractivity contribution in [3.63, 3.8) is 0 Å². The number of hydrogen-bond donors (Lipinski definition) is 1. The van der Waals surface area contributed by atoms with E-state index in [1.807, 2.05) is 0 Å². The van der Waals surface area contributed by atoms with Gasteiger partial charge < -0.3 is 5.32 Å². The van der Waals surface area contributed by atoms with Crippen molar-refractivity contribution in [2.75, 3.05) is 5.32 Å². The molecule has 3 aromatic rings. The van der Waals surface area contributed by atoms with Gasteiger partial charge in [0.05, 0.1) is 6.04 Å². The molecule has 0 aliphatic heterocycles. The van der Waals surface area contributed by atoms with Crippen LogP contribution in [0.1, 0.15) is 30.0 Å². The summed E-state index contributed by atoms with van der Waals surface area (Å²) in [5.41, 5.74) is 1.05. The van der Waals surface area contributed by atoms with E-state index in [9.17, 15) is 17.6 Å². The highest BCUT2D eigenvalue weighted by Gasteiger charge is 2.37. The molecular formula is C15H12ClF4N5. The molecule has 10 heteroatoms. The summed E-state index contributed by atoms with van der Waals surface area (Å²) >= 11 is 6.03. The van der Waals surface area contributed by atoms with E-state index in [-0.39, 0.29) is 16.6 Å². The van der Waals surface area contributed by atoms with Crippen molar-refractivity contribution in [3.8, 4) is 0 Å². The van der Waals surface area contributed by atoms with E-state index in [1.165, 1.54) is 24.3 Å². The van der Waals surface area contributed by atoms with Crippen LogP contribution >= 0.6 is 11.6 Å². The van der Waals surface area contributed by atoms with Crippen molar-refractivity contribution >= 4 is 23.2 Å². The number of aromatic nitrogens is 4. The van der Waals surface area contributed by atoms with E-state index in [0.29, 0.717) is 11.3 Å². The third-order valence-corrected chi connectivity index (χ3v) is 3.81. The zero-order chi connectivity index (χ0) is 18.4. The Labute approximate surface area is 144 Å². The van der Waals surface area contributed by atoms with Crippen LogP contribution in [0.5, 0.6) is 0 Å². The van der Waals surface area contributed by atoms with Crippen molar-refractivity contribution in [2.24, 2.45) is 0 Å². The van der Waals surface area contributed by atoms with E-state index in [2.05, 4.69) is 20.4 Å². The molecule has 1 atom stereocenters. The Morgan fingerprint density at radius 1 is 1.20 bits per heavy atom. The van der Waals surface area contributed by atoms with Gasteiger partial charge >= 0.3 is 6.18 Å². The Kier molecular flexibility index (Phi) is 4.28. The molecule has 0 amide bonds. The second-order valence-electron chi connectivity index (χ2n) is 5.46. The van der Waals surface area contributed by atoms with Gasteiger partial charge in [-0.25, -0.2) is 9.37 Å². The number of anilines is 1. The third kappa shape index (κ3) is 3.51. The minimum Gasteiger partial charge on any atom is -0.363 e. The lowest BCUT2D eigenvalue weighted by molar-refractivity contribution is -0.144. The maximum atomic E-state index is 13.2. The number of fused-ring (bicyclic) bond motifs is 1. The van der Waals surface area contributed by atoms with E-state index in [0.717, 1.165) is 4.52 Å². The van der Waals surface area contributed by atoms with Crippen LogP contribution in [-0.2, 0) is 6.18 Å². The quantitative estimate of drug-likeness (QED) is 0.691. The van der Waals surface area contributed by atoms with Gasteiger partial charge in [0.1, 0.15) is 11.6 Å². The Balaban J connectivity index is 2.01. The average molecular weight is 374 g/mol. The predicted molar refractivity (Wildman–Crippen MR) is 84.0 cm³/mol. The second-order valence-corrected chi connectivity index (χ2v) is 5.87. The molecule has 3 rings (SSSR count). The normalized spacial score (nSPS) is 13.2. The number of nitrogens with zero attached hydrogens (tertiary/aromatic N) is 4. The fourth-order valence-corrected chi connectivity index (χ4v) is 2.69. The zero-order valence-electron chi connectivity index (χ0n) is 13.1. The fraction of sp³-hybridized carbons (Fsp3) is 0.267. The molecule has 25 heavy (non-hydrogen) atoms. The maximum absolute atomic E-state index is 13.2. The lowest BCUT2D eigenvalue weighted by Gasteiger charge is -2.17. The maximum Gasteiger partial charge on any atom is 0.453 e. The van der Waals surface area contributed by atoms with Crippen molar-refractivity contribution in [1.29, 1.82) is 0 Å². The Bertz CT molecular complexity index is 938. The standard InChI is InChI=1S/C15H12ClF4N5/c1-7-5-12(22-8(2)10-4-3-9(17)6-11(10)16)25-14(21-7)23-13(24-25)15(18,19)20/h3-6,8,22H,1-2H3. The van der Waals surface area contributed by atoms with Crippen LogP contribution < -0.4 is 5.32 Å². The van der Waals surface area contributed by atoms with Crippen LogP contribution in [-0.4, -0.2) is 19.6 Å². The number of benzene rings is 1. The third-order valence-electron chi connectivity index (χ3n) is 3.49. The topological polar surface area (TPSA) is 55.1 Å². The van der Waals surface area contributed by atoms with E-state index >= 15 is 0 Å². The highest BCUT2D eigenvalue weighted by Crippen LogP contribution is 2.29. The summed E-state index contributed by atoms with van der Waals surface area (Å²) < 4.78 is 52.7. The summed E-state index contributed by atoms with van der Waals surface area (Å²) in [5.74, 6) is -1.67. The van der Waals surface area contributed by atoms with E-state index in [1.54, 1.807) is 13.8 Å². The van der Waals surface area contributed by atoms with Crippen LogP contribution in [0.3, 0.4) is 0 Å². The lowest BCUT2D eigenvalue weighted by atomic mass is 10.1. The first-order chi connectivity index (χ1) is 11.6. The first-order valence-corrected chi connectivity index (χ1v) is 7.56. The second kappa shape index (κ2) is 6.14. The molecule has 1 N–H and O–H groups in total. The van der Waals surface area contributed by atoms with Gasteiger partial charge in [-0.05, 0) is 31.5 Å². The molecule has 0 spiro atoms. The van der Waals surface area contributed by atoms with Crippen LogP contribution in [0, 0.1) is 12.7 Å². The number of alkyl halides is 3. The number of rotatable bonds is 3. The number of hydrogen-bond acceptors (Lipinski definition) is 4. The fourth-order valence-electron chi connectivity index (χ4n) is 2.36. The molecule has 0 fully saturated rings. The molecule has 0 saturated carbocycles. The summed E-state index contributed by atoms with van der Waals surface area (Å²) in [6, 6.07) is 5.04. The molecule has 2 heterocycles. The average Bonchev–Trinajstić information content (AvgIpc) is 2.91. The van der Waals surface area contributed by atoms with Gasteiger partial charge in [0.25, 0.3) is 11.6 Å². The van der Waals surface area contributed by atoms with Crippen molar-refractivity contribution in [1.82, 2.24) is 19.6 Å². The minimum atomic E-state index is -4.68. The molecule has 5 nitrogen and oxygen atoms in total. The van der Waals surface area contributed by atoms with Crippen molar-refractivity contribution in [2.45, 2.75) is 26.1 Å². The summed E-state index contributed by atoms with van der Waals surface area (Å²) in [4.78, 5) is 7.37. The summed E-state index contributed by atoms with van der Waals surface area (Å²) in [5, 5.41) is 6.69. The molecule has 2 aromatic heterocycles. The molecule has 1 aromatic carbocycles. The summed E-state index contributed by atoms with van der Waals surface area (Å²) in [6.45, 7) is 3.37. The van der Waals surface area contributed by atoms with Crippen LogP contribution in [0.2, 0.25) is 5.02 Å². The largest absolute Gasteiger partial charge is 0.453 e. The molecule has 1 unspecified atom stereocenters. The molecule has 0 aliphatic carbocycles. The van der Waals surface area contributed by atoms with Gasteiger partial charge in [-0.1, -0.05) is 17.7 Å². The van der Waals surface area contributed by atoms with Gasteiger partial charge in [-0.3, -0.25) is 0 Å². The number of nitrogens with one attached hydrogen (secondary N) is 1. The SMILES string of the molecule is Cc1cc(NC(C)c2ccc(F)cc2Cl)n2nc(C(F)(F)F)nc2n1. The Morgan fingerprint density at radius 3 is 2.56 bits per heavy atom.